The first-order valence-electron chi connectivity index (χ1n) is 8.98. The number of anilines is 1. The molecule has 1 N–H and O–H groups in total. The Morgan fingerprint density at radius 2 is 1.76 bits per heavy atom. The van der Waals surface area contributed by atoms with E-state index in [1.165, 1.54) is 0 Å². The Balaban J connectivity index is 1.63. The summed E-state index contributed by atoms with van der Waals surface area (Å²) in [5.41, 5.74) is 2.88. The lowest BCUT2D eigenvalue weighted by Gasteiger charge is -2.10. The Labute approximate surface area is 166 Å². The lowest BCUT2D eigenvalue weighted by molar-refractivity contribution is -0.119. The van der Waals surface area contributed by atoms with Crippen molar-refractivity contribution in [3.63, 3.8) is 0 Å². The minimum Gasteiger partial charge on any atom is -0.452 e. The molecule has 5 nitrogen and oxygen atoms in total. The maximum absolute atomic E-state index is 13.6. The van der Waals surface area contributed by atoms with Crippen LogP contribution < -0.4 is 5.32 Å². The first-order chi connectivity index (χ1) is 13.8. The molecule has 1 aromatic heterocycles. The van der Waals surface area contributed by atoms with Crippen LogP contribution in [-0.2, 0) is 16.1 Å². The molecule has 0 radical (unpaired) electrons. The van der Waals surface area contributed by atoms with Gasteiger partial charge in [0, 0.05) is 24.0 Å². The molecule has 3 aromatic rings. The minimum absolute atomic E-state index is 0.187. The van der Waals surface area contributed by atoms with E-state index in [0.717, 1.165) is 29.1 Å². The van der Waals surface area contributed by atoms with Gasteiger partial charge in [0.2, 0.25) is 0 Å². The van der Waals surface area contributed by atoms with Gasteiger partial charge in [-0.15, -0.1) is 0 Å². The van der Waals surface area contributed by atoms with Crippen LogP contribution >= 0.6 is 0 Å². The molecule has 0 aliphatic heterocycles. The van der Waals surface area contributed by atoms with Crippen molar-refractivity contribution in [2.24, 2.45) is 0 Å². The van der Waals surface area contributed by atoms with Gasteiger partial charge in [-0.25, -0.2) is 13.6 Å². The molecule has 0 aliphatic rings. The summed E-state index contributed by atoms with van der Waals surface area (Å²) in [5.74, 6) is -3.03. The zero-order valence-corrected chi connectivity index (χ0v) is 16.0. The molecule has 2 aromatic carbocycles. The van der Waals surface area contributed by atoms with Gasteiger partial charge in [-0.3, -0.25) is 4.79 Å². The Bertz CT molecular complexity index is 1050. The standard InChI is InChI=1S/C22H20F2N2O3/c1-14-10-18(15(2)26(14)12-16-6-4-3-5-7-16)22(28)29-13-21(27)25-20-9-8-17(23)11-19(20)24/h3-11H,12-13H2,1-2H3,(H,25,27). The van der Waals surface area contributed by atoms with Gasteiger partial charge in [-0.2, -0.15) is 0 Å². The van der Waals surface area contributed by atoms with Crippen LogP contribution in [0.3, 0.4) is 0 Å². The number of hydrogen-bond donors (Lipinski definition) is 1. The number of amides is 1. The number of nitrogens with one attached hydrogen (secondary N) is 1. The van der Waals surface area contributed by atoms with Gasteiger partial charge in [-0.05, 0) is 37.6 Å². The van der Waals surface area contributed by atoms with Gasteiger partial charge in [0.15, 0.2) is 6.61 Å². The molecule has 3 rings (SSSR count). The zero-order valence-electron chi connectivity index (χ0n) is 16.0. The van der Waals surface area contributed by atoms with Crippen molar-refractivity contribution in [1.82, 2.24) is 4.57 Å². The number of aryl methyl sites for hydroxylation is 1. The van der Waals surface area contributed by atoms with E-state index in [1.807, 2.05) is 41.8 Å². The van der Waals surface area contributed by atoms with Crippen LogP contribution in [0.2, 0.25) is 0 Å². The van der Waals surface area contributed by atoms with Crippen LogP contribution in [0.15, 0.2) is 54.6 Å². The van der Waals surface area contributed by atoms with E-state index >= 15 is 0 Å². The van der Waals surface area contributed by atoms with Crippen molar-refractivity contribution in [3.8, 4) is 0 Å². The number of benzene rings is 2. The van der Waals surface area contributed by atoms with Crippen LogP contribution in [0, 0.1) is 25.5 Å². The second-order valence-corrected chi connectivity index (χ2v) is 6.61. The van der Waals surface area contributed by atoms with Gasteiger partial charge in [0.05, 0.1) is 11.3 Å². The SMILES string of the molecule is Cc1cc(C(=O)OCC(=O)Nc2ccc(F)cc2F)c(C)n1Cc1ccccc1. The fourth-order valence-electron chi connectivity index (χ4n) is 3.00. The van der Waals surface area contributed by atoms with Crippen LogP contribution in [0.1, 0.15) is 27.3 Å². The molecule has 0 unspecified atom stereocenters. The van der Waals surface area contributed by atoms with E-state index in [4.69, 9.17) is 4.74 Å². The van der Waals surface area contributed by atoms with E-state index in [1.54, 1.807) is 13.0 Å². The maximum atomic E-state index is 13.6. The summed E-state index contributed by atoms with van der Waals surface area (Å²) >= 11 is 0. The van der Waals surface area contributed by atoms with Crippen molar-refractivity contribution < 1.29 is 23.1 Å². The summed E-state index contributed by atoms with van der Waals surface area (Å²) in [7, 11) is 0. The van der Waals surface area contributed by atoms with Gasteiger partial charge >= 0.3 is 5.97 Å². The van der Waals surface area contributed by atoms with E-state index in [9.17, 15) is 18.4 Å². The molecule has 150 valence electrons. The summed E-state index contributed by atoms with van der Waals surface area (Å²) in [5, 5.41) is 2.25. The van der Waals surface area contributed by atoms with Crippen molar-refractivity contribution in [3.05, 3.63) is 88.7 Å². The third kappa shape index (κ3) is 4.87. The Hall–Kier alpha value is -3.48. The van der Waals surface area contributed by atoms with Crippen LogP contribution in [0.4, 0.5) is 14.5 Å². The second kappa shape index (κ2) is 8.68. The summed E-state index contributed by atoms with van der Waals surface area (Å²) in [6.07, 6.45) is 0. The molecule has 0 atom stereocenters. The van der Waals surface area contributed by atoms with E-state index in [0.29, 0.717) is 18.2 Å². The Morgan fingerprint density at radius 1 is 1.03 bits per heavy atom. The highest BCUT2D eigenvalue weighted by Gasteiger charge is 2.18. The number of carbonyl (C=O) groups is 2. The van der Waals surface area contributed by atoms with Crippen LogP contribution in [0.25, 0.3) is 0 Å². The first kappa shape index (κ1) is 20.3. The maximum Gasteiger partial charge on any atom is 0.340 e. The quantitative estimate of drug-likeness (QED) is 0.633. The summed E-state index contributed by atoms with van der Waals surface area (Å²) in [4.78, 5) is 24.3. The molecule has 0 saturated carbocycles. The van der Waals surface area contributed by atoms with Gasteiger partial charge in [0.25, 0.3) is 5.91 Å². The number of rotatable bonds is 6. The number of halogens is 2. The number of nitrogens with zero attached hydrogens (tertiary/aromatic N) is 1. The molecule has 1 amide bonds. The van der Waals surface area contributed by atoms with Crippen molar-refractivity contribution in [1.29, 1.82) is 0 Å². The fourth-order valence-corrected chi connectivity index (χ4v) is 3.00. The van der Waals surface area contributed by atoms with Gasteiger partial charge < -0.3 is 14.6 Å². The first-order valence-corrected chi connectivity index (χ1v) is 8.98. The fraction of sp³-hybridized carbons (Fsp3) is 0.182. The van der Waals surface area contributed by atoms with E-state index in [-0.39, 0.29) is 5.69 Å². The number of esters is 1. The number of ether oxygens (including phenoxy) is 1. The van der Waals surface area contributed by atoms with Crippen molar-refractivity contribution >= 4 is 17.6 Å². The average molecular weight is 398 g/mol. The highest BCUT2D eigenvalue weighted by molar-refractivity contribution is 5.96. The largest absolute Gasteiger partial charge is 0.452 e. The highest BCUT2D eigenvalue weighted by atomic mass is 19.1. The van der Waals surface area contributed by atoms with Crippen molar-refractivity contribution in [2.75, 3.05) is 11.9 Å². The molecule has 0 spiro atoms. The smallest absolute Gasteiger partial charge is 0.340 e. The molecular weight excluding hydrogens is 378 g/mol. The molecule has 1 heterocycles. The molecule has 0 bridgehead atoms. The van der Waals surface area contributed by atoms with E-state index < -0.39 is 30.1 Å². The Morgan fingerprint density at radius 3 is 2.45 bits per heavy atom. The monoisotopic (exact) mass is 398 g/mol. The third-order valence-corrected chi connectivity index (χ3v) is 4.52. The molecule has 0 aliphatic carbocycles. The number of hydrogen-bond acceptors (Lipinski definition) is 3. The van der Waals surface area contributed by atoms with E-state index in [2.05, 4.69) is 5.32 Å². The summed E-state index contributed by atoms with van der Waals surface area (Å²) in [6.45, 7) is 3.71. The predicted octanol–water partition coefficient (Wildman–Crippen LogP) is 4.23. The summed E-state index contributed by atoms with van der Waals surface area (Å²) in [6, 6.07) is 14.3. The molecule has 0 saturated heterocycles. The molecule has 0 fully saturated rings. The lowest BCUT2D eigenvalue weighted by Crippen LogP contribution is -2.21. The van der Waals surface area contributed by atoms with Gasteiger partial charge in [0.1, 0.15) is 11.6 Å². The molecule has 29 heavy (non-hydrogen) atoms. The Kier molecular flexibility index (Phi) is 6.07. The third-order valence-electron chi connectivity index (χ3n) is 4.52. The zero-order chi connectivity index (χ0) is 21.0. The van der Waals surface area contributed by atoms with Gasteiger partial charge in [-0.1, -0.05) is 30.3 Å². The normalized spacial score (nSPS) is 10.6. The molecule has 7 heteroatoms. The highest BCUT2D eigenvalue weighted by Crippen LogP contribution is 2.19. The topological polar surface area (TPSA) is 60.3 Å². The molecular formula is C22H20F2N2O3. The van der Waals surface area contributed by atoms with Crippen LogP contribution in [0.5, 0.6) is 0 Å². The van der Waals surface area contributed by atoms with Crippen LogP contribution in [-0.4, -0.2) is 23.1 Å². The average Bonchev–Trinajstić information content (AvgIpc) is 2.97. The minimum atomic E-state index is -0.908. The number of carbonyl (C=O) groups excluding carboxylic acids is 2. The van der Waals surface area contributed by atoms with Crippen molar-refractivity contribution in [2.45, 2.75) is 20.4 Å². The summed E-state index contributed by atoms with van der Waals surface area (Å²) < 4.78 is 33.6. The lowest BCUT2D eigenvalue weighted by atomic mass is 10.2. The second-order valence-electron chi connectivity index (χ2n) is 6.61. The predicted molar refractivity (Wildman–Crippen MR) is 105 cm³/mol. The number of aromatic nitrogens is 1.